The molecule has 1 aromatic heterocycles. The molecule has 1 atom stereocenters. The van der Waals surface area contributed by atoms with Crippen LogP contribution in [0.2, 0.25) is 0 Å². The summed E-state index contributed by atoms with van der Waals surface area (Å²) in [7, 11) is 1.50. The highest BCUT2D eigenvalue weighted by Gasteiger charge is 2.32. The number of thiazole rings is 1. The van der Waals surface area contributed by atoms with E-state index in [0.717, 1.165) is 34.1 Å². The number of benzene rings is 3. The van der Waals surface area contributed by atoms with Gasteiger partial charge in [-0.15, -0.1) is 11.8 Å². The Morgan fingerprint density at radius 3 is 2.70 bits per heavy atom. The van der Waals surface area contributed by atoms with Gasteiger partial charge in [0.1, 0.15) is 0 Å². The molecule has 1 N–H and O–H groups in total. The van der Waals surface area contributed by atoms with Gasteiger partial charge >= 0.3 is 0 Å². The van der Waals surface area contributed by atoms with E-state index < -0.39 is 0 Å². The molecule has 5 nitrogen and oxygen atoms in total. The zero-order valence-corrected chi connectivity index (χ0v) is 23.4. The van der Waals surface area contributed by atoms with E-state index in [2.05, 4.69) is 64.7 Å². The number of aromatic hydroxyl groups is 1. The normalized spacial score (nSPS) is 16.6. The molecule has 0 radical (unpaired) electrons. The third-order valence-electron chi connectivity index (χ3n) is 6.88. The first-order valence-corrected chi connectivity index (χ1v) is 14.7. The molecule has 6 rings (SSSR count). The van der Waals surface area contributed by atoms with Gasteiger partial charge in [0.25, 0.3) is 5.56 Å². The standard InChI is InChI=1S/C29H23BrN2O3S2/c1-35-23-15-19(30)13-18(27(23)33)14-24-28(34)32-26(17-7-10-20(36-2)11-8-17)22-12-9-16-5-3-4-6-21(16)25(22)31-29(32)37-24/h3-8,10-11,13-15,26,33H,9,12H2,1-2H3. The number of ether oxygens (including phenoxy) is 1. The van der Waals surface area contributed by atoms with Gasteiger partial charge in [0, 0.05) is 20.5 Å². The van der Waals surface area contributed by atoms with Gasteiger partial charge in [0.05, 0.1) is 23.4 Å². The number of hydrogen-bond donors (Lipinski definition) is 1. The van der Waals surface area contributed by atoms with Gasteiger partial charge < -0.3 is 9.84 Å². The Morgan fingerprint density at radius 1 is 1.16 bits per heavy atom. The molecule has 1 aliphatic heterocycles. The van der Waals surface area contributed by atoms with Crippen molar-refractivity contribution >= 4 is 50.8 Å². The van der Waals surface area contributed by atoms with Crippen LogP contribution in [0.3, 0.4) is 0 Å². The molecule has 4 aromatic rings. The topological polar surface area (TPSA) is 63.8 Å². The SMILES string of the molecule is COc1cc(Br)cc(C=c2sc3n(c2=O)C(c2ccc(SC)cc2)C2=C(N=3)c3ccccc3CC2)c1O. The van der Waals surface area contributed by atoms with E-state index in [1.165, 1.54) is 34.5 Å². The Bertz CT molecular complexity index is 1750. The predicted molar refractivity (Wildman–Crippen MR) is 153 cm³/mol. The van der Waals surface area contributed by atoms with Crippen LogP contribution >= 0.6 is 39.0 Å². The largest absolute Gasteiger partial charge is 0.504 e. The lowest BCUT2D eigenvalue weighted by molar-refractivity contribution is 0.372. The fourth-order valence-electron chi connectivity index (χ4n) is 5.11. The number of hydrogen-bond acceptors (Lipinski definition) is 6. The molecular weight excluding hydrogens is 568 g/mol. The van der Waals surface area contributed by atoms with Crippen LogP contribution in [-0.2, 0) is 6.42 Å². The van der Waals surface area contributed by atoms with Crippen molar-refractivity contribution in [3.8, 4) is 11.5 Å². The van der Waals surface area contributed by atoms with Crippen LogP contribution in [-0.4, -0.2) is 23.0 Å². The van der Waals surface area contributed by atoms with Gasteiger partial charge in [-0.3, -0.25) is 9.36 Å². The summed E-state index contributed by atoms with van der Waals surface area (Å²) < 4.78 is 8.38. The lowest BCUT2D eigenvalue weighted by atomic mass is 9.83. The molecule has 37 heavy (non-hydrogen) atoms. The van der Waals surface area contributed by atoms with Gasteiger partial charge in [0.2, 0.25) is 0 Å². The van der Waals surface area contributed by atoms with Gasteiger partial charge in [0.15, 0.2) is 16.3 Å². The van der Waals surface area contributed by atoms with Crippen LogP contribution in [0, 0.1) is 0 Å². The molecule has 1 unspecified atom stereocenters. The molecule has 0 bridgehead atoms. The Hall–Kier alpha value is -3.07. The van der Waals surface area contributed by atoms with E-state index in [1.54, 1.807) is 30.0 Å². The van der Waals surface area contributed by atoms with Crippen molar-refractivity contribution in [2.24, 2.45) is 4.99 Å². The molecule has 2 aliphatic rings. The van der Waals surface area contributed by atoms with E-state index >= 15 is 0 Å². The lowest BCUT2D eigenvalue weighted by Crippen LogP contribution is -2.38. The first-order chi connectivity index (χ1) is 18.0. The zero-order valence-electron chi connectivity index (χ0n) is 20.2. The number of aromatic nitrogens is 1. The number of thioether (sulfide) groups is 1. The van der Waals surface area contributed by atoms with Crippen LogP contribution in [0.1, 0.15) is 34.7 Å². The number of phenols is 1. The molecule has 1 aliphatic carbocycles. The quantitative estimate of drug-likeness (QED) is 0.318. The Labute approximate surface area is 230 Å². The summed E-state index contributed by atoms with van der Waals surface area (Å²) in [4.78, 5) is 20.8. The number of nitrogens with zero attached hydrogens (tertiary/aromatic N) is 2. The number of fused-ring (bicyclic) bond motifs is 3. The maximum Gasteiger partial charge on any atom is 0.271 e. The van der Waals surface area contributed by atoms with E-state index in [0.29, 0.717) is 20.6 Å². The van der Waals surface area contributed by atoms with Crippen molar-refractivity contribution in [2.75, 3.05) is 13.4 Å². The molecule has 186 valence electrons. The summed E-state index contributed by atoms with van der Waals surface area (Å²) in [5.41, 5.74) is 6.02. The van der Waals surface area contributed by atoms with Gasteiger partial charge in [-0.05, 0) is 66.1 Å². The second-order valence-electron chi connectivity index (χ2n) is 8.93. The van der Waals surface area contributed by atoms with Gasteiger partial charge in [-0.1, -0.05) is 63.7 Å². The summed E-state index contributed by atoms with van der Waals surface area (Å²) in [5, 5.41) is 10.7. The van der Waals surface area contributed by atoms with Crippen molar-refractivity contribution in [1.29, 1.82) is 0 Å². The van der Waals surface area contributed by atoms with Crippen LogP contribution in [0.5, 0.6) is 11.5 Å². The van der Waals surface area contributed by atoms with E-state index in [4.69, 9.17) is 9.73 Å². The Morgan fingerprint density at radius 2 is 1.95 bits per heavy atom. The number of allylic oxidation sites excluding steroid dienone is 1. The van der Waals surface area contributed by atoms with Crippen molar-refractivity contribution in [3.63, 3.8) is 0 Å². The van der Waals surface area contributed by atoms with E-state index in [-0.39, 0.29) is 17.4 Å². The molecular formula is C29H23BrN2O3S2. The van der Waals surface area contributed by atoms with Crippen LogP contribution in [0.4, 0.5) is 0 Å². The van der Waals surface area contributed by atoms with Crippen LogP contribution < -0.4 is 19.6 Å². The third-order valence-corrected chi connectivity index (χ3v) is 9.06. The average Bonchev–Trinajstić information content (AvgIpc) is 3.23. The molecule has 0 fully saturated rings. The minimum Gasteiger partial charge on any atom is -0.504 e. The summed E-state index contributed by atoms with van der Waals surface area (Å²) >= 11 is 6.51. The fourth-order valence-corrected chi connectivity index (χ4v) is 6.96. The Kier molecular flexibility index (Phi) is 6.34. The molecule has 2 heterocycles. The number of aryl methyl sites for hydroxylation is 1. The second kappa shape index (κ2) is 9.67. The van der Waals surface area contributed by atoms with Crippen LogP contribution in [0.15, 0.2) is 85.4 Å². The van der Waals surface area contributed by atoms with Crippen molar-refractivity contribution in [1.82, 2.24) is 4.57 Å². The van der Waals surface area contributed by atoms with Crippen molar-refractivity contribution < 1.29 is 9.84 Å². The fraction of sp³-hybridized carbons (Fsp3) is 0.172. The Balaban J connectivity index is 1.61. The summed E-state index contributed by atoms with van der Waals surface area (Å²) in [6.45, 7) is 0. The van der Waals surface area contributed by atoms with Crippen LogP contribution in [0.25, 0.3) is 11.8 Å². The molecule has 8 heteroatoms. The van der Waals surface area contributed by atoms with Gasteiger partial charge in [-0.25, -0.2) is 4.99 Å². The number of rotatable bonds is 4. The predicted octanol–water partition coefficient (Wildman–Crippen LogP) is 5.52. The smallest absolute Gasteiger partial charge is 0.271 e. The molecule has 3 aromatic carbocycles. The first kappa shape index (κ1) is 24.3. The highest BCUT2D eigenvalue weighted by Crippen LogP contribution is 2.41. The highest BCUT2D eigenvalue weighted by atomic mass is 79.9. The van der Waals surface area contributed by atoms with Crippen molar-refractivity contribution in [2.45, 2.75) is 23.8 Å². The van der Waals surface area contributed by atoms with E-state index in [9.17, 15) is 9.90 Å². The summed E-state index contributed by atoms with van der Waals surface area (Å²) in [5.74, 6) is 0.334. The second-order valence-corrected chi connectivity index (χ2v) is 11.7. The molecule has 0 spiro atoms. The monoisotopic (exact) mass is 590 g/mol. The lowest BCUT2D eigenvalue weighted by Gasteiger charge is -2.30. The minimum atomic E-state index is -0.233. The third kappa shape index (κ3) is 4.17. The molecule has 0 saturated carbocycles. The van der Waals surface area contributed by atoms with Crippen molar-refractivity contribution in [3.05, 3.63) is 113 Å². The maximum absolute atomic E-state index is 13.9. The summed E-state index contributed by atoms with van der Waals surface area (Å²) in [6, 6.07) is 20.1. The average molecular weight is 592 g/mol. The summed E-state index contributed by atoms with van der Waals surface area (Å²) in [6.07, 6.45) is 5.54. The van der Waals surface area contributed by atoms with E-state index in [1.807, 2.05) is 10.6 Å². The highest BCUT2D eigenvalue weighted by molar-refractivity contribution is 9.10. The van der Waals surface area contributed by atoms with Gasteiger partial charge in [-0.2, -0.15) is 0 Å². The zero-order chi connectivity index (χ0) is 25.7. The minimum absolute atomic E-state index is 0.00559. The number of phenolic OH excluding ortho intramolecular Hbond substituents is 1. The first-order valence-electron chi connectivity index (χ1n) is 11.8. The maximum atomic E-state index is 13.9. The number of halogens is 1. The molecule has 0 saturated heterocycles. The molecule has 0 amide bonds. The number of methoxy groups -OCH3 is 1.